The summed E-state index contributed by atoms with van der Waals surface area (Å²) in [6, 6.07) is 0. The molecule has 2 heterocycles. The van der Waals surface area contributed by atoms with Crippen LogP contribution in [-0.2, 0) is 9.47 Å². The van der Waals surface area contributed by atoms with Gasteiger partial charge >= 0.3 is 6.09 Å². The predicted molar refractivity (Wildman–Crippen MR) is 65.9 cm³/mol. The molecular formula is C12H18N2O6. The molecule has 0 aliphatic carbocycles. The Kier molecular flexibility index (Phi) is 4.71. The fourth-order valence-electron chi connectivity index (χ4n) is 2.10. The Hall–Kier alpha value is -1.48. The standard InChI is InChI=1S/C12H18N2O6/c1-2-7-9(15)11(17)10(16)8(20-7)5-19-12(18)14-4-3-13-6-14/h3-4,6-11,15-17H,2,5H2,1H3. The molecule has 0 bridgehead atoms. The molecular weight excluding hydrogens is 268 g/mol. The molecule has 8 nitrogen and oxygen atoms in total. The van der Waals surface area contributed by atoms with Crippen LogP contribution in [0.25, 0.3) is 0 Å². The average molecular weight is 286 g/mol. The highest BCUT2D eigenvalue weighted by Gasteiger charge is 2.43. The van der Waals surface area contributed by atoms with E-state index < -0.39 is 36.6 Å². The maximum atomic E-state index is 11.6. The summed E-state index contributed by atoms with van der Waals surface area (Å²) in [5, 5.41) is 29.2. The highest BCUT2D eigenvalue weighted by molar-refractivity contribution is 5.69. The number of hydrogen-bond acceptors (Lipinski definition) is 7. The van der Waals surface area contributed by atoms with Crippen molar-refractivity contribution < 1.29 is 29.6 Å². The summed E-state index contributed by atoms with van der Waals surface area (Å²) in [5.41, 5.74) is 0. The van der Waals surface area contributed by atoms with Gasteiger partial charge in [0.1, 0.15) is 37.4 Å². The molecule has 0 radical (unpaired) electrons. The van der Waals surface area contributed by atoms with E-state index in [0.717, 1.165) is 4.57 Å². The maximum Gasteiger partial charge on any atom is 0.419 e. The summed E-state index contributed by atoms with van der Waals surface area (Å²) >= 11 is 0. The van der Waals surface area contributed by atoms with Crippen LogP contribution in [0.15, 0.2) is 18.7 Å². The lowest BCUT2D eigenvalue weighted by Gasteiger charge is -2.40. The summed E-state index contributed by atoms with van der Waals surface area (Å²) in [5.74, 6) is 0. The first-order chi connectivity index (χ1) is 9.54. The van der Waals surface area contributed by atoms with E-state index in [0.29, 0.717) is 6.42 Å². The minimum atomic E-state index is -1.33. The number of nitrogens with zero attached hydrogens (tertiary/aromatic N) is 2. The lowest BCUT2D eigenvalue weighted by molar-refractivity contribution is -0.229. The molecule has 1 aromatic rings. The van der Waals surface area contributed by atoms with Gasteiger partial charge in [-0.15, -0.1) is 0 Å². The van der Waals surface area contributed by atoms with Crippen molar-refractivity contribution in [2.45, 2.75) is 43.9 Å². The van der Waals surface area contributed by atoms with Crippen LogP contribution in [0.2, 0.25) is 0 Å². The van der Waals surface area contributed by atoms with Crippen molar-refractivity contribution >= 4 is 6.09 Å². The largest absolute Gasteiger partial charge is 0.446 e. The molecule has 2 rings (SSSR count). The van der Waals surface area contributed by atoms with Gasteiger partial charge in [-0.1, -0.05) is 6.92 Å². The van der Waals surface area contributed by atoms with E-state index in [4.69, 9.17) is 9.47 Å². The number of imidazole rings is 1. The molecule has 3 N–H and O–H groups in total. The normalized spacial score (nSPS) is 33.9. The Morgan fingerprint density at radius 2 is 2.00 bits per heavy atom. The minimum absolute atomic E-state index is 0.224. The summed E-state index contributed by atoms with van der Waals surface area (Å²) in [6.45, 7) is 1.56. The molecule has 20 heavy (non-hydrogen) atoms. The van der Waals surface area contributed by atoms with Crippen molar-refractivity contribution in [3.63, 3.8) is 0 Å². The van der Waals surface area contributed by atoms with Gasteiger partial charge in [0.25, 0.3) is 0 Å². The smallest absolute Gasteiger partial charge is 0.419 e. The van der Waals surface area contributed by atoms with Crippen LogP contribution < -0.4 is 0 Å². The molecule has 1 aliphatic rings. The Labute approximate surface area is 115 Å². The van der Waals surface area contributed by atoms with E-state index in [2.05, 4.69) is 4.98 Å². The predicted octanol–water partition coefficient (Wildman–Crippen LogP) is -0.872. The van der Waals surface area contributed by atoms with Crippen molar-refractivity contribution in [2.24, 2.45) is 0 Å². The third-order valence-electron chi connectivity index (χ3n) is 3.30. The van der Waals surface area contributed by atoms with Crippen LogP contribution >= 0.6 is 0 Å². The van der Waals surface area contributed by atoms with E-state index in [-0.39, 0.29) is 6.61 Å². The third kappa shape index (κ3) is 2.98. The van der Waals surface area contributed by atoms with Crippen molar-refractivity contribution in [1.29, 1.82) is 0 Å². The van der Waals surface area contributed by atoms with Crippen LogP contribution in [0.5, 0.6) is 0 Å². The second-order valence-electron chi connectivity index (χ2n) is 4.64. The summed E-state index contributed by atoms with van der Waals surface area (Å²) in [4.78, 5) is 15.3. The molecule has 5 atom stereocenters. The monoisotopic (exact) mass is 286 g/mol. The van der Waals surface area contributed by atoms with Crippen molar-refractivity contribution in [1.82, 2.24) is 9.55 Å². The number of carbonyl (C=O) groups is 1. The van der Waals surface area contributed by atoms with Gasteiger partial charge in [-0.05, 0) is 6.42 Å². The Bertz CT molecular complexity index is 435. The van der Waals surface area contributed by atoms with Gasteiger partial charge in [-0.2, -0.15) is 0 Å². The van der Waals surface area contributed by atoms with E-state index >= 15 is 0 Å². The number of aromatic nitrogens is 2. The molecule has 5 unspecified atom stereocenters. The fourth-order valence-corrected chi connectivity index (χ4v) is 2.10. The van der Waals surface area contributed by atoms with Crippen molar-refractivity contribution in [3.05, 3.63) is 18.7 Å². The number of aliphatic hydroxyl groups excluding tert-OH is 3. The first kappa shape index (κ1) is 14.9. The zero-order valence-electron chi connectivity index (χ0n) is 11.0. The molecule has 0 amide bonds. The van der Waals surface area contributed by atoms with E-state index in [1.54, 1.807) is 6.92 Å². The van der Waals surface area contributed by atoms with Gasteiger partial charge in [0.15, 0.2) is 0 Å². The first-order valence-electron chi connectivity index (χ1n) is 6.39. The Morgan fingerprint density at radius 1 is 1.30 bits per heavy atom. The molecule has 1 saturated heterocycles. The van der Waals surface area contributed by atoms with Crippen molar-refractivity contribution in [2.75, 3.05) is 6.61 Å². The van der Waals surface area contributed by atoms with Crippen LogP contribution in [0.4, 0.5) is 4.79 Å². The lowest BCUT2D eigenvalue weighted by atomic mass is 9.94. The number of aliphatic hydroxyl groups is 3. The Balaban J connectivity index is 1.93. The van der Waals surface area contributed by atoms with E-state index in [9.17, 15) is 20.1 Å². The zero-order valence-corrected chi connectivity index (χ0v) is 11.0. The highest BCUT2D eigenvalue weighted by atomic mass is 16.6. The van der Waals surface area contributed by atoms with E-state index in [1.165, 1.54) is 18.7 Å². The van der Waals surface area contributed by atoms with Gasteiger partial charge in [0.2, 0.25) is 0 Å². The SMILES string of the molecule is CCC1OC(COC(=O)n2ccnc2)C(O)C(O)C1O. The summed E-state index contributed by atoms with van der Waals surface area (Å²) in [6.07, 6.45) is -1.34. The van der Waals surface area contributed by atoms with Gasteiger partial charge in [-0.25, -0.2) is 14.3 Å². The van der Waals surface area contributed by atoms with Crippen LogP contribution in [0.3, 0.4) is 0 Å². The molecule has 0 saturated carbocycles. The average Bonchev–Trinajstić information content (AvgIpc) is 2.98. The molecule has 0 aromatic carbocycles. The maximum absolute atomic E-state index is 11.6. The first-order valence-corrected chi connectivity index (χ1v) is 6.39. The number of rotatable bonds is 3. The third-order valence-corrected chi connectivity index (χ3v) is 3.30. The van der Waals surface area contributed by atoms with Crippen molar-refractivity contribution in [3.8, 4) is 0 Å². The van der Waals surface area contributed by atoms with Gasteiger partial charge in [0.05, 0.1) is 6.10 Å². The molecule has 8 heteroatoms. The molecule has 1 fully saturated rings. The summed E-state index contributed by atoms with van der Waals surface area (Å²) in [7, 11) is 0. The van der Waals surface area contributed by atoms with Crippen LogP contribution in [0.1, 0.15) is 13.3 Å². The zero-order chi connectivity index (χ0) is 14.7. The molecule has 112 valence electrons. The lowest BCUT2D eigenvalue weighted by Crippen LogP contribution is -2.58. The fraction of sp³-hybridized carbons (Fsp3) is 0.667. The number of carbonyl (C=O) groups excluding carboxylic acids is 1. The number of ether oxygens (including phenoxy) is 2. The number of hydrogen-bond donors (Lipinski definition) is 3. The molecule has 0 spiro atoms. The second kappa shape index (κ2) is 6.31. The van der Waals surface area contributed by atoms with Gasteiger partial charge in [0, 0.05) is 12.4 Å². The van der Waals surface area contributed by atoms with Crippen LogP contribution in [0, 0.1) is 0 Å². The summed E-state index contributed by atoms with van der Waals surface area (Å²) < 4.78 is 11.6. The van der Waals surface area contributed by atoms with Gasteiger partial charge < -0.3 is 24.8 Å². The van der Waals surface area contributed by atoms with E-state index in [1.807, 2.05) is 0 Å². The topological polar surface area (TPSA) is 114 Å². The van der Waals surface area contributed by atoms with Gasteiger partial charge in [-0.3, -0.25) is 0 Å². The quantitative estimate of drug-likeness (QED) is 0.661. The Morgan fingerprint density at radius 3 is 2.60 bits per heavy atom. The highest BCUT2D eigenvalue weighted by Crippen LogP contribution is 2.23. The molecule has 1 aromatic heterocycles. The van der Waals surface area contributed by atoms with Crippen LogP contribution in [-0.4, -0.2) is 68.1 Å². The second-order valence-corrected chi connectivity index (χ2v) is 4.64. The minimum Gasteiger partial charge on any atom is -0.446 e. The molecule has 1 aliphatic heterocycles.